The summed E-state index contributed by atoms with van der Waals surface area (Å²) >= 11 is 5.34. The van der Waals surface area contributed by atoms with Crippen molar-refractivity contribution in [2.24, 2.45) is 5.16 Å². The van der Waals surface area contributed by atoms with Gasteiger partial charge in [0.05, 0.1) is 12.5 Å². The van der Waals surface area contributed by atoms with E-state index in [4.69, 9.17) is 16.4 Å². The minimum absolute atomic E-state index is 0.169. The van der Waals surface area contributed by atoms with E-state index in [0.717, 1.165) is 12.8 Å². The smallest absolute Gasteiger partial charge is 0.364 e. The largest absolute Gasteiger partial charge is 0.461 e. The molecule has 0 aliphatic heterocycles. The van der Waals surface area contributed by atoms with Gasteiger partial charge < -0.3 is 9.57 Å². The quantitative estimate of drug-likeness (QED) is 0.163. The van der Waals surface area contributed by atoms with Crippen LogP contribution >= 0.6 is 11.6 Å². The standard InChI is InChI=1S/C10H16ClNO4/c1-3-5-6-16-12-9(8(13)7-11)10(14)15-4-2/h3-7H2,1-2H3/b12-9+. The predicted octanol–water partition coefficient (Wildman–Crippen LogP) is 1.53. The Morgan fingerprint density at radius 1 is 1.31 bits per heavy atom. The minimum Gasteiger partial charge on any atom is -0.461 e. The number of hydrogen-bond donors (Lipinski definition) is 0. The SMILES string of the molecule is CCCCO/N=C(\C(=O)CCl)C(=O)OCC. The Hall–Kier alpha value is -1.10. The molecule has 0 radical (unpaired) electrons. The number of carbonyl (C=O) groups is 2. The number of nitrogens with zero attached hydrogens (tertiary/aromatic N) is 1. The highest BCUT2D eigenvalue weighted by molar-refractivity contribution is 6.67. The Bertz CT molecular complexity index is 266. The van der Waals surface area contributed by atoms with E-state index in [1.165, 1.54) is 0 Å². The van der Waals surface area contributed by atoms with E-state index in [2.05, 4.69) is 9.89 Å². The molecule has 0 N–H and O–H groups in total. The van der Waals surface area contributed by atoms with Gasteiger partial charge in [-0.1, -0.05) is 18.5 Å². The van der Waals surface area contributed by atoms with E-state index >= 15 is 0 Å². The van der Waals surface area contributed by atoms with Crippen molar-refractivity contribution in [3.63, 3.8) is 0 Å². The molecule has 0 saturated carbocycles. The Morgan fingerprint density at radius 2 is 2.00 bits per heavy atom. The lowest BCUT2D eigenvalue weighted by molar-refractivity contribution is -0.135. The molecule has 0 atom stereocenters. The van der Waals surface area contributed by atoms with Crippen LogP contribution in [0, 0.1) is 0 Å². The number of rotatable bonds is 8. The highest BCUT2D eigenvalue weighted by Crippen LogP contribution is 1.94. The molecule has 6 heteroatoms. The highest BCUT2D eigenvalue weighted by Gasteiger charge is 2.21. The Labute approximate surface area is 99.7 Å². The normalized spacial score (nSPS) is 11.1. The molecule has 92 valence electrons. The van der Waals surface area contributed by atoms with Crippen molar-refractivity contribution >= 4 is 29.1 Å². The molecular formula is C10H16ClNO4. The lowest BCUT2D eigenvalue weighted by atomic mass is 10.3. The van der Waals surface area contributed by atoms with Gasteiger partial charge in [0.2, 0.25) is 11.5 Å². The van der Waals surface area contributed by atoms with Crippen LogP contribution < -0.4 is 0 Å². The Kier molecular flexibility index (Phi) is 8.52. The van der Waals surface area contributed by atoms with Crippen LogP contribution in [0.1, 0.15) is 26.7 Å². The van der Waals surface area contributed by atoms with Crippen LogP contribution in [0.25, 0.3) is 0 Å². The number of ether oxygens (including phenoxy) is 1. The van der Waals surface area contributed by atoms with Crippen molar-refractivity contribution in [1.82, 2.24) is 0 Å². The average Bonchev–Trinajstić information content (AvgIpc) is 2.28. The van der Waals surface area contributed by atoms with Gasteiger partial charge in [0.25, 0.3) is 0 Å². The monoisotopic (exact) mass is 249 g/mol. The topological polar surface area (TPSA) is 65.0 Å². The summed E-state index contributed by atoms with van der Waals surface area (Å²) in [6.45, 7) is 4.15. The summed E-state index contributed by atoms with van der Waals surface area (Å²) in [7, 11) is 0. The van der Waals surface area contributed by atoms with Gasteiger partial charge in [-0.25, -0.2) is 4.79 Å². The fourth-order valence-electron chi connectivity index (χ4n) is 0.784. The fourth-order valence-corrected chi connectivity index (χ4v) is 0.910. The van der Waals surface area contributed by atoms with Crippen LogP contribution in [0.4, 0.5) is 0 Å². The maximum absolute atomic E-state index is 11.3. The molecule has 0 rings (SSSR count). The minimum atomic E-state index is -0.801. The number of hydrogen-bond acceptors (Lipinski definition) is 5. The molecule has 0 spiro atoms. The summed E-state index contributed by atoms with van der Waals surface area (Å²) in [5.74, 6) is -1.73. The van der Waals surface area contributed by atoms with E-state index in [-0.39, 0.29) is 18.2 Å². The number of Topliss-reactive ketones (excluding diaryl/α,β-unsaturated/α-hetero) is 1. The molecule has 5 nitrogen and oxygen atoms in total. The molecule has 0 aromatic heterocycles. The number of alkyl halides is 1. The van der Waals surface area contributed by atoms with Crippen molar-refractivity contribution in [2.75, 3.05) is 19.1 Å². The first-order valence-electron chi connectivity index (χ1n) is 5.13. The van der Waals surface area contributed by atoms with E-state index in [9.17, 15) is 9.59 Å². The third-order valence-electron chi connectivity index (χ3n) is 1.60. The maximum atomic E-state index is 11.3. The molecule has 0 saturated heterocycles. The first-order valence-corrected chi connectivity index (χ1v) is 5.67. The van der Waals surface area contributed by atoms with Crippen molar-refractivity contribution in [2.45, 2.75) is 26.7 Å². The molecule has 0 unspecified atom stereocenters. The van der Waals surface area contributed by atoms with Crippen LogP contribution in [0.5, 0.6) is 0 Å². The molecule has 0 aromatic rings. The lowest BCUT2D eigenvalue weighted by Gasteiger charge is -2.03. The summed E-state index contributed by atoms with van der Waals surface area (Å²) in [6, 6.07) is 0. The van der Waals surface area contributed by atoms with E-state index in [0.29, 0.717) is 6.61 Å². The van der Waals surface area contributed by atoms with Gasteiger partial charge in [-0.15, -0.1) is 11.6 Å². The summed E-state index contributed by atoms with van der Waals surface area (Å²) in [5, 5.41) is 3.46. The second-order valence-electron chi connectivity index (χ2n) is 2.90. The molecule has 0 aromatic carbocycles. The number of unbranched alkanes of at least 4 members (excludes halogenated alkanes) is 1. The molecule has 0 fully saturated rings. The number of carbonyl (C=O) groups excluding carboxylic acids is 2. The van der Waals surface area contributed by atoms with Gasteiger partial charge in [-0.2, -0.15) is 0 Å². The Morgan fingerprint density at radius 3 is 2.50 bits per heavy atom. The van der Waals surface area contributed by atoms with Gasteiger partial charge in [-0.3, -0.25) is 4.79 Å². The maximum Gasteiger partial charge on any atom is 0.364 e. The van der Waals surface area contributed by atoms with Crippen LogP contribution in [-0.2, 0) is 19.2 Å². The zero-order valence-corrected chi connectivity index (χ0v) is 10.2. The number of ketones is 1. The van der Waals surface area contributed by atoms with Gasteiger partial charge in [0.15, 0.2) is 0 Å². The third-order valence-corrected chi connectivity index (χ3v) is 1.84. The average molecular weight is 250 g/mol. The predicted molar refractivity (Wildman–Crippen MR) is 60.7 cm³/mol. The lowest BCUT2D eigenvalue weighted by Crippen LogP contribution is -2.27. The summed E-state index contributed by atoms with van der Waals surface area (Å²) < 4.78 is 4.65. The molecule has 16 heavy (non-hydrogen) atoms. The summed E-state index contributed by atoms with van der Waals surface area (Å²) in [6.07, 6.45) is 1.74. The molecular weight excluding hydrogens is 234 g/mol. The van der Waals surface area contributed by atoms with Gasteiger partial charge in [0.1, 0.15) is 6.61 Å². The van der Waals surface area contributed by atoms with Crippen LogP contribution in [0.3, 0.4) is 0 Å². The first-order chi connectivity index (χ1) is 7.67. The Balaban J connectivity index is 4.41. The number of halogens is 1. The van der Waals surface area contributed by atoms with E-state index in [1.54, 1.807) is 6.92 Å². The summed E-state index contributed by atoms with van der Waals surface area (Å²) in [5.41, 5.74) is -0.382. The third kappa shape index (κ3) is 5.70. The van der Waals surface area contributed by atoms with Crippen molar-refractivity contribution in [1.29, 1.82) is 0 Å². The zero-order valence-electron chi connectivity index (χ0n) is 9.49. The van der Waals surface area contributed by atoms with Gasteiger partial charge in [-0.05, 0) is 13.3 Å². The number of esters is 1. The highest BCUT2D eigenvalue weighted by atomic mass is 35.5. The molecule has 0 aliphatic carbocycles. The summed E-state index contributed by atoms with van der Waals surface area (Å²) in [4.78, 5) is 27.4. The van der Waals surface area contributed by atoms with Crippen molar-refractivity contribution < 1.29 is 19.2 Å². The van der Waals surface area contributed by atoms with E-state index in [1.807, 2.05) is 6.92 Å². The molecule has 0 heterocycles. The molecule has 0 amide bonds. The van der Waals surface area contributed by atoms with Crippen molar-refractivity contribution in [3.05, 3.63) is 0 Å². The molecule has 0 aliphatic rings. The van der Waals surface area contributed by atoms with Crippen LogP contribution in [0.2, 0.25) is 0 Å². The second kappa shape index (κ2) is 9.15. The van der Waals surface area contributed by atoms with Crippen LogP contribution in [-0.4, -0.2) is 36.6 Å². The van der Waals surface area contributed by atoms with E-state index < -0.39 is 11.8 Å². The van der Waals surface area contributed by atoms with Crippen molar-refractivity contribution in [3.8, 4) is 0 Å². The fraction of sp³-hybridized carbons (Fsp3) is 0.700. The zero-order chi connectivity index (χ0) is 12.4. The van der Waals surface area contributed by atoms with Crippen LogP contribution in [0.15, 0.2) is 5.16 Å². The van der Waals surface area contributed by atoms with Gasteiger partial charge >= 0.3 is 5.97 Å². The first kappa shape index (κ1) is 14.9. The number of oxime groups is 1. The molecule has 0 bridgehead atoms. The second-order valence-corrected chi connectivity index (χ2v) is 3.17. The van der Waals surface area contributed by atoms with Gasteiger partial charge in [0, 0.05) is 0 Å².